The molecule has 0 fully saturated rings. The number of halogens is 2. The first kappa shape index (κ1) is 11.3. The molecule has 0 aliphatic rings. The highest BCUT2D eigenvalue weighted by Crippen LogP contribution is 2.17. The highest BCUT2D eigenvalue weighted by atomic mass is 79.9. The molecule has 2 aromatic rings. The van der Waals surface area contributed by atoms with Crippen molar-refractivity contribution in [2.45, 2.75) is 0 Å². The molecule has 2 rings (SSSR count). The van der Waals surface area contributed by atoms with Crippen LogP contribution in [-0.2, 0) is 0 Å². The largest absolute Gasteiger partial charge is 0.352 e. The van der Waals surface area contributed by atoms with Gasteiger partial charge in [0, 0.05) is 16.2 Å². The molecule has 0 amide bonds. The van der Waals surface area contributed by atoms with E-state index in [9.17, 15) is 0 Å². The zero-order chi connectivity index (χ0) is 11.5. The summed E-state index contributed by atoms with van der Waals surface area (Å²) in [6.07, 6.45) is 0. The third-order valence-electron chi connectivity index (χ3n) is 1.82. The van der Waals surface area contributed by atoms with E-state index in [2.05, 4.69) is 42.3 Å². The van der Waals surface area contributed by atoms with Crippen molar-refractivity contribution in [1.29, 1.82) is 5.41 Å². The predicted molar refractivity (Wildman–Crippen MR) is 68.8 cm³/mol. The van der Waals surface area contributed by atoms with Gasteiger partial charge in [-0.3, -0.25) is 5.41 Å². The first-order valence-corrected chi connectivity index (χ1v) is 5.97. The second-order valence-corrected chi connectivity index (χ2v) is 4.75. The van der Waals surface area contributed by atoms with Gasteiger partial charge in [-0.25, -0.2) is 0 Å². The second kappa shape index (κ2) is 4.80. The molecule has 0 saturated carbocycles. The molecule has 16 heavy (non-hydrogen) atoms. The Morgan fingerprint density at radius 2 is 2.12 bits per heavy atom. The second-order valence-electron chi connectivity index (χ2n) is 3.02. The number of hydrogen-bond acceptors (Lipinski definition) is 3. The Morgan fingerprint density at radius 3 is 2.75 bits per heavy atom. The summed E-state index contributed by atoms with van der Waals surface area (Å²) in [5.41, 5.74) is 0.812. The van der Waals surface area contributed by atoms with Gasteiger partial charge in [0.2, 0.25) is 5.76 Å². The SMILES string of the molecule is N=C(Nc1cccc(Br)c1)c1cc(Br)no1. The monoisotopic (exact) mass is 343 g/mol. The van der Waals surface area contributed by atoms with E-state index >= 15 is 0 Å². The van der Waals surface area contributed by atoms with Crippen molar-refractivity contribution in [3.63, 3.8) is 0 Å². The van der Waals surface area contributed by atoms with Crippen LogP contribution in [0.15, 0.2) is 43.9 Å². The average Bonchev–Trinajstić information content (AvgIpc) is 2.65. The van der Waals surface area contributed by atoms with Crippen molar-refractivity contribution in [3.8, 4) is 0 Å². The molecule has 82 valence electrons. The lowest BCUT2D eigenvalue weighted by molar-refractivity contribution is 0.409. The van der Waals surface area contributed by atoms with Gasteiger partial charge in [-0.2, -0.15) is 0 Å². The summed E-state index contributed by atoms with van der Waals surface area (Å²) in [7, 11) is 0. The van der Waals surface area contributed by atoms with Crippen LogP contribution in [0.25, 0.3) is 0 Å². The Morgan fingerprint density at radius 1 is 1.31 bits per heavy atom. The molecule has 0 unspecified atom stereocenters. The Balaban J connectivity index is 2.13. The standard InChI is InChI=1S/C10H7Br2N3O/c11-6-2-1-3-7(4-6)14-10(13)8-5-9(12)15-16-8/h1-5H,(H2,13,14). The zero-order valence-corrected chi connectivity index (χ0v) is 11.2. The summed E-state index contributed by atoms with van der Waals surface area (Å²) in [5, 5.41) is 14.3. The van der Waals surface area contributed by atoms with Crippen LogP contribution in [0.2, 0.25) is 0 Å². The fourth-order valence-corrected chi connectivity index (χ4v) is 1.82. The van der Waals surface area contributed by atoms with Crippen molar-refractivity contribution in [2.24, 2.45) is 0 Å². The lowest BCUT2D eigenvalue weighted by Gasteiger charge is -2.04. The van der Waals surface area contributed by atoms with Gasteiger partial charge in [-0.05, 0) is 34.1 Å². The highest BCUT2D eigenvalue weighted by Gasteiger charge is 2.08. The minimum absolute atomic E-state index is 0.163. The number of nitrogens with one attached hydrogen (secondary N) is 2. The number of anilines is 1. The number of rotatable bonds is 2. The number of aromatic nitrogens is 1. The molecule has 0 spiro atoms. The van der Waals surface area contributed by atoms with E-state index in [1.54, 1.807) is 6.07 Å². The minimum atomic E-state index is 0.163. The van der Waals surface area contributed by atoms with Crippen LogP contribution < -0.4 is 5.32 Å². The summed E-state index contributed by atoms with van der Waals surface area (Å²) in [4.78, 5) is 0. The van der Waals surface area contributed by atoms with Gasteiger partial charge in [0.15, 0.2) is 5.84 Å². The fraction of sp³-hybridized carbons (Fsp3) is 0. The van der Waals surface area contributed by atoms with E-state index in [1.807, 2.05) is 24.3 Å². The number of amidine groups is 1. The summed E-state index contributed by atoms with van der Waals surface area (Å²) < 4.78 is 6.45. The number of benzene rings is 1. The van der Waals surface area contributed by atoms with Crippen molar-refractivity contribution < 1.29 is 4.52 Å². The van der Waals surface area contributed by atoms with Gasteiger partial charge in [0.05, 0.1) is 0 Å². The van der Waals surface area contributed by atoms with E-state index in [1.165, 1.54) is 0 Å². The quantitative estimate of drug-likeness (QED) is 0.645. The topological polar surface area (TPSA) is 61.9 Å². The molecular weight excluding hydrogens is 338 g/mol. The smallest absolute Gasteiger partial charge is 0.202 e. The molecule has 6 heteroatoms. The van der Waals surface area contributed by atoms with Crippen molar-refractivity contribution in [1.82, 2.24) is 5.16 Å². The molecule has 2 N–H and O–H groups in total. The van der Waals surface area contributed by atoms with Gasteiger partial charge in [-0.1, -0.05) is 27.2 Å². The van der Waals surface area contributed by atoms with Crippen molar-refractivity contribution in [3.05, 3.63) is 45.2 Å². The minimum Gasteiger partial charge on any atom is -0.352 e. The zero-order valence-electron chi connectivity index (χ0n) is 8.00. The molecule has 0 atom stereocenters. The highest BCUT2D eigenvalue weighted by molar-refractivity contribution is 9.10. The number of nitrogens with zero attached hydrogens (tertiary/aromatic N) is 1. The summed E-state index contributed by atoms with van der Waals surface area (Å²) >= 11 is 6.52. The summed E-state index contributed by atoms with van der Waals surface area (Å²) in [6, 6.07) is 9.17. The van der Waals surface area contributed by atoms with E-state index < -0.39 is 0 Å². The maximum atomic E-state index is 7.77. The van der Waals surface area contributed by atoms with E-state index in [0.29, 0.717) is 10.4 Å². The van der Waals surface area contributed by atoms with Crippen molar-refractivity contribution >= 4 is 43.4 Å². The van der Waals surface area contributed by atoms with Gasteiger partial charge in [-0.15, -0.1) is 0 Å². The normalized spacial score (nSPS) is 10.1. The van der Waals surface area contributed by atoms with Crippen LogP contribution in [0.1, 0.15) is 5.76 Å². The van der Waals surface area contributed by atoms with Crippen LogP contribution >= 0.6 is 31.9 Å². The van der Waals surface area contributed by atoms with Crippen LogP contribution in [0.3, 0.4) is 0 Å². The lowest BCUT2D eigenvalue weighted by atomic mass is 10.3. The van der Waals surface area contributed by atoms with Gasteiger partial charge < -0.3 is 9.84 Å². The van der Waals surface area contributed by atoms with Gasteiger partial charge in [0.25, 0.3) is 0 Å². The molecule has 4 nitrogen and oxygen atoms in total. The Kier molecular flexibility index (Phi) is 3.40. The lowest BCUT2D eigenvalue weighted by Crippen LogP contribution is -2.10. The fourth-order valence-electron chi connectivity index (χ4n) is 1.14. The third-order valence-corrected chi connectivity index (χ3v) is 2.69. The van der Waals surface area contributed by atoms with Crippen LogP contribution in [0.5, 0.6) is 0 Å². The predicted octanol–water partition coefficient (Wildman–Crippen LogP) is 3.64. The van der Waals surface area contributed by atoms with E-state index in [0.717, 1.165) is 10.2 Å². The first-order chi connectivity index (χ1) is 7.65. The molecular formula is C10H7Br2N3O. The first-order valence-electron chi connectivity index (χ1n) is 4.39. The van der Waals surface area contributed by atoms with Gasteiger partial charge in [0.1, 0.15) is 4.60 Å². The molecule has 0 bridgehead atoms. The van der Waals surface area contributed by atoms with E-state index in [4.69, 9.17) is 9.93 Å². The molecule has 1 aromatic carbocycles. The molecule has 0 aliphatic carbocycles. The molecule has 0 radical (unpaired) electrons. The summed E-state index contributed by atoms with van der Waals surface area (Å²) in [6.45, 7) is 0. The third kappa shape index (κ3) is 2.70. The molecule has 1 aromatic heterocycles. The Labute approximate surface area is 109 Å². The summed E-state index contributed by atoms with van der Waals surface area (Å²) in [5.74, 6) is 0.545. The Hall–Kier alpha value is -1.14. The number of hydrogen-bond donors (Lipinski definition) is 2. The molecule has 1 heterocycles. The Bertz CT molecular complexity index is 524. The van der Waals surface area contributed by atoms with Crippen LogP contribution in [-0.4, -0.2) is 11.0 Å². The maximum absolute atomic E-state index is 7.77. The van der Waals surface area contributed by atoms with Gasteiger partial charge >= 0.3 is 0 Å². The molecule has 0 saturated heterocycles. The van der Waals surface area contributed by atoms with Crippen LogP contribution in [0, 0.1) is 5.41 Å². The van der Waals surface area contributed by atoms with Crippen LogP contribution in [0.4, 0.5) is 5.69 Å². The van der Waals surface area contributed by atoms with E-state index in [-0.39, 0.29) is 5.84 Å². The average molecular weight is 345 g/mol. The maximum Gasteiger partial charge on any atom is 0.202 e. The van der Waals surface area contributed by atoms with Crippen molar-refractivity contribution in [2.75, 3.05) is 5.32 Å². The molecule has 0 aliphatic heterocycles.